The number of hydrogen-bond donors (Lipinski definition) is 2. The average Bonchev–Trinajstić information content (AvgIpc) is 2.46. The summed E-state index contributed by atoms with van der Waals surface area (Å²) in [5.74, 6) is -0.0749. The molecule has 0 aliphatic rings. The largest absolute Gasteiger partial charge is 0.374 e. The average molecular weight is 317 g/mol. The maximum atomic E-state index is 12.4. The van der Waals surface area contributed by atoms with Gasteiger partial charge in [0.15, 0.2) is 0 Å². The summed E-state index contributed by atoms with van der Waals surface area (Å²) in [5.41, 5.74) is 4.83. The highest BCUT2D eigenvalue weighted by molar-refractivity contribution is 6.31. The summed E-state index contributed by atoms with van der Waals surface area (Å²) in [5, 5.41) is 6.85. The second-order valence-corrected chi connectivity index (χ2v) is 5.99. The lowest BCUT2D eigenvalue weighted by Crippen LogP contribution is -2.32. The number of anilines is 2. The number of para-hydroxylation sites is 1. The van der Waals surface area contributed by atoms with Gasteiger partial charge in [0.2, 0.25) is 5.91 Å². The lowest BCUT2D eigenvalue weighted by molar-refractivity contribution is -0.116. The maximum Gasteiger partial charge on any atom is 0.246 e. The van der Waals surface area contributed by atoms with Crippen LogP contribution in [0.2, 0.25) is 5.02 Å². The first-order chi connectivity index (χ1) is 10.4. The molecule has 2 aromatic rings. The predicted octanol–water partition coefficient (Wildman–Crippen LogP) is 4.70. The molecule has 2 aromatic carbocycles. The van der Waals surface area contributed by atoms with E-state index in [0.29, 0.717) is 5.02 Å². The molecule has 1 unspecified atom stereocenters. The van der Waals surface area contributed by atoms with Crippen molar-refractivity contribution in [3.63, 3.8) is 0 Å². The van der Waals surface area contributed by atoms with E-state index in [-0.39, 0.29) is 11.9 Å². The van der Waals surface area contributed by atoms with Gasteiger partial charge in [0.05, 0.1) is 0 Å². The summed E-state index contributed by atoms with van der Waals surface area (Å²) in [7, 11) is 0. The molecule has 0 radical (unpaired) electrons. The van der Waals surface area contributed by atoms with E-state index in [4.69, 9.17) is 11.6 Å². The van der Waals surface area contributed by atoms with Gasteiger partial charge in [-0.1, -0.05) is 35.9 Å². The van der Waals surface area contributed by atoms with Crippen molar-refractivity contribution in [1.82, 2.24) is 0 Å². The number of hydrogen-bond acceptors (Lipinski definition) is 2. The molecule has 4 heteroatoms. The third kappa shape index (κ3) is 3.80. The molecule has 0 fully saturated rings. The van der Waals surface area contributed by atoms with Gasteiger partial charge in [-0.25, -0.2) is 0 Å². The van der Waals surface area contributed by atoms with Crippen LogP contribution in [0.15, 0.2) is 36.4 Å². The van der Waals surface area contributed by atoms with Gasteiger partial charge in [0.25, 0.3) is 0 Å². The molecule has 0 heterocycles. The standard InChI is InChI=1S/C18H21ClN2O/c1-11-8-9-15(10-16(11)19)20-14(4)18(22)21-17-12(2)6-5-7-13(17)3/h5-10,14,20H,1-4H3,(H,21,22). The van der Waals surface area contributed by atoms with Crippen molar-refractivity contribution in [2.24, 2.45) is 0 Å². The zero-order chi connectivity index (χ0) is 16.3. The van der Waals surface area contributed by atoms with E-state index >= 15 is 0 Å². The number of aryl methyl sites for hydroxylation is 3. The van der Waals surface area contributed by atoms with Crippen LogP contribution < -0.4 is 10.6 Å². The van der Waals surface area contributed by atoms with Gasteiger partial charge < -0.3 is 10.6 Å². The highest BCUT2D eigenvalue weighted by atomic mass is 35.5. The van der Waals surface area contributed by atoms with E-state index in [9.17, 15) is 4.79 Å². The molecule has 1 amide bonds. The monoisotopic (exact) mass is 316 g/mol. The van der Waals surface area contributed by atoms with Crippen molar-refractivity contribution in [3.8, 4) is 0 Å². The van der Waals surface area contributed by atoms with Gasteiger partial charge in [0.1, 0.15) is 6.04 Å². The number of carbonyl (C=O) groups excluding carboxylic acids is 1. The fourth-order valence-electron chi connectivity index (χ4n) is 2.24. The Balaban J connectivity index is 2.07. The van der Waals surface area contributed by atoms with Gasteiger partial charge in [-0.2, -0.15) is 0 Å². The molecule has 116 valence electrons. The first-order valence-corrected chi connectivity index (χ1v) is 7.66. The number of rotatable bonds is 4. The molecule has 3 nitrogen and oxygen atoms in total. The second-order valence-electron chi connectivity index (χ2n) is 5.59. The Morgan fingerprint density at radius 1 is 1.05 bits per heavy atom. The molecular weight excluding hydrogens is 296 g/mol. The summed E-state index contributed by atoms with van der Waals surface area (Å²) >= 11 is 6.11. The van der Waals surface area contributed by atoms with Crippen LogP contribution in [0.3, 0.4) is 0 Å². The summed E-state index contributed by atoms with van der Waals surface area (Å²) < 4.78 is 0. The molecule has 0 aliphatic carbocycles. The molecule has 0 saturated carbocycles. The van der Waals surface area contributed by atoms with Crippen molar-refractivity contribution in [3.05, 3.63) is 58.1 Å². The summed E-state index contributed by atoms with van der Waals surface area (Å²) in [6.45, 7) is 7.75. The van der Waals surface area contributed by atoms with Crippen LogP contribution in [0.25, 0.3) is 0 Å². The molecule has 2 rings (SSSR count). The fraction of sp³-hybridized carbons (Fsp3) is 0.278. The fourth-order valence-corrected chi connectivity index (χ4v) is 2.42. The molecular formula is C18H21ClN2O. The number of nitrogens with one attached hydrogen (secondary N) is 2. The van der Waals surface area contributed by atoms with Crippen molar-refractivity contribution in [2.75, 3.05) is 10.6 Å². The van der Waals surface area contributed by atoms with Crippen LogP contribution in [-0.2, 0) is 4.79 Å². The molecule has 0 spiro atoms. The lowest BCUT2D eigenvalue weighted by atomic mass is 10.1. The normalized spacial score (nSPS) is 11.9. The second kappa shape index (κ2) is 6.84. The Bertz CT molecular complexity index is 677. The maximum absolute atomic E-state index is 12.4. The highest BCUT2D eigenvalue weighted by Gasteiger charge is 2.15. The van der Waals surface area contributed by atoms with Gasteiger partial charge in [-0.3, -0.25) is 4.79 Å². The van der Waals surface area contributed by atoms with E-state index < -0.39 is 0 Å². The van der Waals surface area contributed by atoms with Gasteiger partial charge >= 0.3 is 0 Å². The van der Waals surface area contributed by atoms with Crippen LogP contribution in [0, 0.1) is 20.8 Å². The predicted molar refractivity (Wildman–Crippen MR) is 93.8 cm³/mol. The minimum absolute atomic E-state index is 0.0749. The van der Waals surface area contributed by atoms with Crippen LogP contribution in [0.1, 0.15) is 23.6 Å². The van der Waals surface area contributed by atoms with Crippen molar-refractivity contribution in [2.45, 2.75) is 33.7 Å². The Hall–Kier alpha value is -2.00. The minimum Gasteiger partial charge on any atom is -0.374 e. The minimum atomic E-state index is -0.363. The molecule has 1 atom stereocenters. The number of carbonyl (C=O) groups is 1. The van der Waals surface area contributed by atoms with Gasteiger partial charge in [0, 0.05) is 16.4 Å². The Morgan fingerprint density at radius 2 is 1.68 bits per heavy atom. The van der Waals surface area contributed by atoms with E-state index in [1.165, 1.54) is 0 Å². The van der Waals surface area contributed by atoms with E-state index in [0.717, 1.165) is 28.1 Å². The summed E-state index contributed by atoms with van der Waals surface area (Å²) in [6.07, 6.45) is 0. The van der Waals surface area contributed by atoms with E-state index in [1.807, 2.05) is 64.1 Å². The van der Waals surface area contributed by atoms with Crippen LogP contribution in [-0.4, -0.2) is 11.9 Å². The molecule has 2 N–H and O–H groups in total. The third-order valence-corrected chi connectivity index (χ3v) is 4.08. The highest BCUT2D eigenvalue weighted by Crippen LogP contribution is 2.22. The summed E-state index contributed by atoms with van der Waals surface area (Å²) in [4.78, 5) is 12.4. The van der Waals surface area contributed by atoms with Crippen LogP contribution in [0.4, 0.5) is 11.4 Å². The van der Waals surface area contributed by atoms with Crippen molar-refractivity contribution >= 4 is 28.9 Å². The quantitative estimate of drug-likeness (QED) is 0.858. The number of amides is 1. The molecule has 22 heavy (non-hydrogen) atoms. The molecule has 0 saturated heterocycles. The van der Waals surface area contributed by atoms with Crippen LogP contribution in [0.5, 0.6) is 0 Å². The van der Waals surface area contributed by atoms with E-state index in [2.05, 4.69) is 10.6 Å². The SMILES string of the molecule is Cc1ccc(NC(C)C(=O)Nc2c(C)cccc2C)cc1Cl. The first-order valence-electron chi connectivity index (χ1n) is 7.28. The van der Waals surface area contributed by atoms with Crippen molar-refractivity contribution in [1.29, 1.82) is 0 Å². The van der Waals surface area contributed by atoms with Crippen molar-refractivity contribution < 1.29 is 4.79 Å². The Morgan fingerprint density at radius 3 is 2.27 bits per heavy atom. The molecule has 0 aliphatic heterocycles. The number of halogens is 1. The van der Waals surface area contributed by atoms with Crippen LogP contribution >= 0.6 is 11.6 Å². The van der Waals surface area contributed by atoms with E-state index in [1.54, 1.807) is 0 Å². The molecule has 0 aromatic heterocycles. The Kier molecular flexibility index (Phi) is 5.09. The summed E-state index contributed by atoms with van der Waals surface area (Å²) in [6, 6.07) is 11.3. The molecule has 0 bridgehead atoms. The lowest BCUT2D eigenvalue weighted by Gasteiger charge is -2.18. The number of benzene rings is 2. The topological polar surface area (TPSA) is 41.1 Å². The zero-order valence-electron chi connectivity index (χ0n) is 13.3. The third-order valence-electron chi connectivity index (χ3n) is 3.68. The first kappa shape index (κ1) is 16.4. The zero-order valence-corrected chi connectivity index (χ0v) is 14.1. The van der Waals surface area contributed by atoms with Gasteiger partial charge in [-0.15, -0.1) is 0 Å². The van der Waals surface area contributed by atoms with Gasteiger partial charge in [-0.05, 0) is 56.5 Å². The smallest absolute Gasteiger partial charge is 0.246 e. The Labute approximate surface area is 136 Å².